The van der Waals surface area contributed by atoms with Gasteiger partial charge in [-0.1, -0.05) is 66.2 Å². The molecule has 2 aromatic heterocycles. The van der Waals surface area contributed by atoms with Crippen molar-refractivity contribution in [2.24, 2.45) is 0 Å². The minimum atomic E-state index is -0.545. The van der Waals surface area contributed by atoms with Gasteiger partial charge < -0.3 is 9.73 Å². The Balaban J connectivity index is 1.57. The zero-order valence-electron chi connectivity index (χ0n) is 23.2. The number of halogens is 1. The van der Waals surface area contributed by atoms with Crippen LogP contribution in [0.5, 0.6) is 0 Å². The summed E-state index contributed by atoms with van der Waals surface area (Å²) < 4.78 is 22.5. The Morgan fingerprint density at radius 3 is 2.57 bits per heavy atom. The van der Waals surface area contributed by atoms with Crippen LogP contribution in [0.25, 0.3) is 16.9 Å². The molecule has 0 aliphatic carbocycles. The molecular formula is C33H29FN4O3S. The first-order valence-corrected chi connectivity index (χ1v) is 14.7. The Bertz CT molecular complexity index is 1750. The molecule has 0 saturated heterocycles. The van der Waals surface area contributed by atoms with Gasteiger partial charge in [-0.15, -0.1) is 11.8 Å². The highest BCUT2D eigenvalue weighted by molar-refractivity contribution is 8.00. The van der Waals surface area contributed by atoms with Gasteiger partial charge in [0.05, 0.1) is 35.2 Å². The van der Waals surface area contributed by atoms with Crippen molar-refractivity contribution in [1.29, 1.82) is 0 Å². The molecular weight excluding hydrogens is 551 g/mol. The second-order valence-corrected chi connectivity index (χ2v) is 11.3. The number of anilines is 1. The van der Waals surface area contributed by atoms with Gasteiger partial charge in [0.25, 0.3) is 0 Å². The number of carbonyl (C=O) groups is 2. The zero-order valence-corrected chi connectivity index (χ0v) is 24.0. The molecule has 6 rings (SSSR count). The van der Waals surface area contributed by atoms with Gasteiger partial charge in [-0.2, -0.15) is 5.10 Å². The smallest absolute Gasteiger partial charge is 0.240 e. The van der Waals surface area contributed by atoms with Crippen LogP contribution in [0, 0.1) is 19.7 Å². The van der Waals surface area contributed by atoms with E-state index in [-0.39, 0.29) is 36.5 Å². The predicted molar refractivity (Wildman–Crippen MR) is 162 cm³/mol. The molecule has 0 radical (unpaired) electrons. The summed E-state index contributed by atoms with van der Waals surface area (Å²) in [5.41, 5.74) is 5.40. The Morgan fingerprint density at radius 1 is 1.05 bits per heavy atom. The van der Waals surface area contributed by atoms with Gasteiger partial charge in [0.15, 0.2) is 0 Å². The third kappa shape index (κ3) is 5.35. The highest BCUT2D eigenvalue weighted by Gasteiger charge is 2.38. The van der Waals surface area contributed by atoms with Crippen LogP contribution in [0.2, 0.25) is 0 Å². The van der Waals surface area contributed by atoms with Crippen molar-refractivity contribution in [3.63, 3.8) is 0 Å². The molecule has 0 saturated carbocycles. The average molecular weight is 581 g/mol. The van der Waals surface area contributed by atoms with Gasteiger partial charge in [0.1, 0.15) is 23.9 Å². The standard InChI is InChI=1S/C33H29FN4O3S/c1-21-14-15-27(22(2)17-21)38-33-30(31(36-38)23-9-4-3-5-10-23)32(25-12-6-7-13-26(25)34)42-20-29(40)37(33)19-28(39)35-18-24-11-8-16-41-24/h3-17,32H,18-20H2,1-2H3,(H,35,39)/t32-/m1/s1. The predicted octanol–water partition coefficient (Wildman–Crippen LogP) is 6.37. The van der Waals surface area contributed by atoms with Crippen LogP contribution in [-0.4, -0.2) is 33.9 Å². The van der Waals surface area contributed by atoms with E-state index in [9.17, 15) is 9.59 Å². The van der Waals surface area contributed by atoms with E-state index >= 15 is 4.39 Å². The van der Waals surface area contributed by atoms with E-state index in [0.717, 1.165) is 22.4 Å². The van der Waals surface area contributed by atoms with E-state index < -0.39 is 5.25 Å². The molecule has 0 unspecified atom stereocenters. The SMILES string of the molecule is Cc1ccc(-n2nc(-c3ccccc3)c3c2N(CC(=O)NCc2ccco2)C(=O)CS[C@@H]3c2ccccc2F)c(C)c1. The maximum Gasteiger partial charge on any atom is 0.240 e. The van der Waals surface area contributed by atoms with E-state index in [4.69, 9.17) is 9.52 Å². The van der Waals surface area contributed by atoms with Crippen molar-refractivity contribution in [2.45, 2.75) is 25.6 Å². The molecule has 1 aliphatic heterocycles. The van der Waals surface area contributed by atoms with Crippen LogP contribution in [-0.2, 0) is 16.1 Å². The van der Waals surface area contributed by atoms with E-state index in [0.29, 0.717) is 28.4 Å². The molecule has 212 valence electrons. The maximum atomic E-state index is 15.4. The molecule has 7 nitrogen and oxygen atoms in total. The number of nitrogens with one attached hydrogen (secondary N) is 1. The summed E-state index contributed by atoms with van der Waals surface area (Å²) in [5.74, 6) is 0.135. The second-order valence-electron chi connectivity index (χ2n) is 10.2. The van der Waals surface area contributed by atoms with E-state index in [1.807, 2.05) is 62.4 Å². The maximum absolute atomic E-state index is 15.4. The van der Waals surface area contributed by atoms with Crippen molar-refractivity contribution in [1.82, 2.24) is 15.1 Å². The number of aryl methyl sites for hydroxylation is 2. The number of nitrogens with zero attached hydrogens (tertiary/aromatic N) is 3. The summed E-state index contributed by atoms with van der Waals surface area (Å²) in [6.07, 6.45) is 1.54. The van der Waals surface area contributed by atoms with Gasteiger partial charge in [0, 0.05) is 16.7 Å². The third-order valence-electron chi connectivity index (χ3n) is 7.25. The molecule has 9 heteroatoms. The summed E-state index contributed by atoms with van der Waals surface area (Å²) in [5, 5.41) is 7.39. The Morgan fingerprint density at radius 2 is 1.83 bits per heavy atom. The molecule has 1 aliphatic rings. The fraction of sp³-hybridized carbons (Fsp3) is 0.182. The first kappa shape index (κ1) is 27.5. The summed E-state index contributed by atoms with van der Waals surface area (Å²) in [4.78, 5) is 28.6. The Labute approximate surface area is 247 Å². The van der Waals surface area contributed by atoms with Crippen LogP contribution in [0.15, 0.2) is 95.6 Å². The molecule has 2 amide bonds. The number of carbonyl (C=O) groups excluding carboxylic acids is 2. The number of benzene rings is 3. The van der Waals surface area contributed by atoms with Crippen molar-refractivity contribution < 1.29 is 18.4 Å². The molecule has 3 aromatic carbocycles. The molecule has 0 bridgehead atoms. The van der Waals surface area contributed by atoms with Crippen LogP contribution in [0.1, 0.15) is 33.3 Å². The average Bonchev–Trinajstić information content (AvgIpc) is 3.62. The highest BCUT2D eigenvalue weighted by atomic mass is 32.2. The number of amides is 2. The van der Waals surface area contributed by atoms with E-state index in [2.05, 4.69) is 5.32 Å². The Kier molecular flexibility index (Phi) is 7.67. The lowest BCUT2D eigenvalue weighted by molar-refractivity contribution is -0.123. The highest BCUT2D eigenvalue weighted by Crippen LogP contribution is 2.49. The van der Waals surface area contributed by atoms with E-state index in [1.165, 1.54) is 22.7 Å². The number of aromatic nitrogens is 2. The van der Waals surface area contributed by atoms with Crippen molar-refractivity contribution in [3.05, 3.63) is 125 Å². The lowest BCUT2D eigenvalue weighted by atomic mass is 9.99. The number of hydrogen-bond donors (Lipinski definition) is 1. The van der Waals surface area contributed by atoms with Crippen molar-refractivity contribution in [3.8, 4) is 16.9 Å². The van der Waals surface area contributed by atoms with Crippen molar-refractivity contribution >= 4 is 29.4 Å². The molecule has 3 heterocycles. The molecule has 0 spiro atoms. The monoisotopic (exact) mass is 580 g/mol. The van der Waals surface area contributed by atoms with Gasteiger partial charge >= 0.3 is 0 Å². The lowest BCUT2D eigenvalue weighted by Gasteiger charge is -2.24. The Hall–Kier alpha value is -4.63. The topological polar surface area (TPSA) is 80.4 Å². The first-order chi connectivity index (χ1) is 20.4. The summed E-state index contributed by atoms with van der Waals surface area (Å²) in [7, 11) is 0. The lowest BCUT2D eigenvalue weighted by Crippen LogP contribution is -2.42. The van der Waals surface area contributed by atoms with Gasteiger partial charge in [-0.05, 0) is 43.7 Å². The van der Waals surface area contributed by atoms with Crippen molar-refractivity contribution in [2.75, 3.05) is 17.2 Å². The third-order valence-corrected chi connectivity index (χ3v) is 8.48. The molecule has 1 atom stereocenters. The largest absolute Gasteiger partial charge is 0.467 e. The number of hydrogen-bond acceptors (Lipinski definition) is 5. The second kappa shape index (κ2) is 11.7. The van der Waals surface area contributed by atoms with Crippen LogP contribution >= 0.6 is 11.8 Å². The first-order valence-electron chi connectivity index (χ1n) is 13.6. The normalized spacial score (nSPS) is 14.9. The number of furan rings is 1. The number of thioether (sulfide) groups is 1. The number of fused-ring (bicyclic) bond motifs is 1. The van der Waals surface area contributed by atoms with Gasteiger partial charge in [-0.25, -0.2) is 9.07 Å². The van der Waals surface area contributed by atoms with Crippen LogP contribution in [0.3, 0.4) is 0 Å². The summed E-state index contributed by atoms with van der Waals surface area (Å²) in [6, 6.07) is 25.8. The van der Waals surface area contributed by atoms with Gasteiger partial charge in [0.2, 0.25) is 11.8 Å². The zero-order chi connectivity index (χ0) is 29.2. The molecule has 5 aromatic rings. The van der Waals surface area contributed by atoms with Gasteiger partial charge in [-0.3, -0.25) is 14.5 Å². The fourth-order valence-corrected chi connectivity index (χ4v) is 6.49. The summed E-state index contributed by atoms with van der Waals surface area (Å²) in [6.45, 7) is 3.96. The summed E-state index contributed by atoms with van der Waals surface area (Å²) >= 11 is 1.34. The molecule has 1 N–H and O–H groups in total. The fourth-order valence-electron chi connectivity index (χ4n) is 5.27. The quantitative estimate of drug-likeness (QED) is 0.242. The minimum Gasteiger partial charge on any atom is -0.467 e. The van der Waals surface area contributed by atoms with Crippen LogP contribution in [0.4, 0.5) is 10.2 Å². The molecule has 42 heavy (non-hydrogen) atoms. The minimum absolute atomic E-state index is 0.0558. The molecule has 0 fully saturated rings. The number of rotatable bonds is 7. The van der Waals surface area contributed by atoms with Crippen LogP contribution < -0.4 is 10.2 Å². The van der Waals surface area contributed by atoms with E-state index in [1.54, 1.807) is 41.3 Å².